The average molecular weight is 497 g/mol. The van der Waals surface area contributed by atoms with E-state index in [1.807, 2.05) is 89.5 Å². The van der Waals surface area contributed by atoms with Crippen molar-refractivity contribution < 1.29 is 9.59 Å². The van der Waals surface area contributed by atoms with Gasteiger partial charge in [0.25, 0.3) is 0 Å². The first-order chi connectivity index (χ1) is 18.1. The van der Waals surface area contributed by atoms with E-state index in [-0.39, 0.29) is 24.1 Å². The van der Waals surface area contributed by atoms with Gasteiger partial charge in [-0.15, -0.1) is 0 Å². The zero-order valence-corrected chi connectivity index (χ0v) is 21.8. The first-order valence-electron chi connectivity index (χ1n) is 13.4. The fraction of sp³-hybridized carbons (Fsp3) is 0.355. The highest BCUT2D eigenvalue weighted by Gasteiger charge is 2.43. The Hall–Kier alpha value is -3.80. The van der Waals surface area contributed by atoms with Crippen LogP contribution in [0.2, 0.25) is 0 Å². The second-order valence-electron chi connectivity index (χ2n) is 10.1. The Morgan fingerprint density at radius 2 is 1.32 bits per heavy atom. The Morgan fingerprint density at radius 1 is 0.784 bits per heavy atom. The minimum absolute atomic E-state index is 0.0308. The summed E-state index contributed by atoms with van der Waals surface area (Å²) in [5, 5.41) is 0. The number of urea groups is 2. The molecule has 4 amide bonds. The lowest BCUT2D eigenvalue weighted by Gasteiger charge is -2.51. The summed E-state index contributed by atoms with van der Waals surface area (Å²) in [6, 6.07) is 28.0. The van der Waals surface area contributed by atoms with E-state index in [1.54, 1.807) is 4.90 Å². The quantitative estimate of drug-likeness (QED) is 0.408. The Morgan fingerprint density at radius 3 is 1.86 bits per heavy atom. The molecule has 0 aromatic heterocycles. The monoisotopic (exact) mass is 496 g/mol. The molecule has 2 saturated heterocycles. The van der Waals surface area contributed by atoms with Gasteiger partial charge in [-0.05, 0) is 68.5 Å². The number of rotatable bonds is 5. The van der Waals surface area contributed by atoms with Crippen LogP contribution in [0.25, 0.3) is 0 Å². The molecule has 0 N–H and O–H groups in total. The van der Waals surface area contributed by atoms with Gasteiger partial charge in [0.2, 0.25) is 0 Å². The fourth-order valence-electron chi connectivity index (χ4n) is 5.71. The SMILES string of the molecule is CCN(Cc1ccccc1C)C(=O)N1[C@@H]2CCC[C@H]1CN(C(=O)N(c1ccccc1)c1ccccc1)C2. The van der Waals surface area contributed by atoms with Gasteiger partial charge in [0.15, 0.2) is 0 Å². The molecular weight excluding hydrogens is 460 g/mol. The molecule has 2 bridgehead atoms. The van der Waals surface area contributed by atoms with E-state index in [2.05, 4.69) is 24.0 Å². The molecule has 2 aliphatic heterocycles. The van der Waals surface area contributed by atoms with Gasteiger partial charge in [0, 0.05) is 26.2 Å². The molecule has 3 aromatic rings. The van der Waals surface area contributed by atoms with Crippen molar-refractivity contribution in [2.24, 2.45) is 0 Å². The molecule has 0 saturated carbocycles. The molecule has 6 nitrogen and oxygen atoms in total. The average Bonchev–Trinajstić information content (AvgIpc) is 2.93. The summed E-state index contributed by atoms with van der Waals surface area (Å²) in [5.74, 6) is 0. The van der Waals surface area contributed by atoms with Crippen molar-refractivity contribution in [1.29, 1.82) is 0 Å². The highest BCUT2D eigenvalue weighted by Crippen LogP contribution is 2.33. The smallest absolute Gasteiger partial charge is 0.321 e. The number of likely N-dealkylation sites (tertiary alicyclic amines) is 1. The second kappa shape index (κ2) is 11.1. The standard InChI is InChI=1S/C31H36N4O2/c1-3-32(21-25-14-11-10-13-24(25)2)30(36)35-28-19-12-20-29(35)23-33(22-28)31(37)34(26-15-6-4-7-16-26)27-17-8-5-9-18-27/h4-11,13-18,28-29H,3,12,19-23H2,1-2H3/t28-,29+. The van der Waals surface area contributed by atoms with Crippen molar-refractivity contribution in [3.63, 3.8) is 0 Å². The maximum Gasteiger partial charge on any atom is 0.329 e. The Balaban J connectivity index is 1.36. The van der Waals surface area contributed by atoms with E-state index >= 15 is 0 Å². The summed E-state index contributed by atoms with van der Waals surface area (Å²) in [4.78, 5) is 35.7. The van der Waals surface area contributed by atoms with Crippen LogP contribution in [0.4, 0.5) is 21.0 Å². The van der Waals surface area contributed by atoms with E-state index in [4.69, 9.17) is 0 Å². The lowest BCUT2D eigenvalue weighted by molar-refractivity contribution is 0.0214. The molecule has 2 heterocycles. The summed E-state index contributed by atoms with van der Waals surface area (Å²) in [6.07, 6.45) is 2.93. The fourth-order valence-corrected chi connectivity index (χ4v) is 5.71. The number of aryl methyl sites for hydroxylation is 1. The number of hydrogen-bond donors (Lipinski definition) is 0. The van der Waals surface area contributed by atoms with Gasteiger partial charge in [-0.1, -0.05) is 60.7 Å². The molecule has 3 aromatic carbocycles. The highest BCUT2D eigenvalue weighted by molar-refractivity contribution is 5.99. The maximum atomic E-state index is 14.0. The lowest BCUT2D eigenvalue weighted by atomic mass is 9.91. The van der Waals surface area contributed by atoms with Crippen LogP contribution in [-0.4, -0.2) is 58.5 Å². The first-order valence-corrected chi connectivity index (χ1v) is 13.4. The van der Waals surface area contributed by atoms with E-state index in [1.165, 1.54) is 11.1 Å². The minimum atomic E-state index is -0.0337. The van der Waals surface area contributed by atoms with E-state index in [9.17, 15) is 9.59 Å². The van der Waals surface area contributed by atoms with Crippen molar-refractivity contribution in [3.8, 4) is 0 Å². The summed E-state index contributed by atoms with van der Waals surface area (Å²) in [6.45, 7) is 6.51. The minimum Gasteiger partial charge on any atom is -0.321 e. The van der Waals surface area contributed by atoms with Gasteiger partial charge >= 0.3 is 12.1 Å². The maximum absolute atomic E-state index is 14.0. The molecule has 0 radical (unpaired) electrons. The number of anilines is 2. The van der Waals surface area contributed by atoms with Gasteiger partial charge in [-0.25, -0.2) is 9.59 Å². The summed E-state index contributed by atoms with van der Waals surface area (Å²) >= 11 is 0. The molecule has 2 atom stereocenters. The molecule has 6 heteroatoms. The van der Waals surface area contributed by atoms with E-state index in [0.717, 1.165) is 30.6 Å². The van der Waals surface area contributed by atoms with Crippen LogP contribution < -0.4 is 4.90 Å². The summed E-state index contributed by atoms with van der Waals surface area (Å²) in [7, 11) is 0. The van der Waals surface area contributed by atoms with Gasteiger partial charge in [-0.3, -0.25) is 4.90 Å². The predicted molar refractivity (Wildman–Crippen MR) is 148 cm³/mol. The zero-order chi connectivity index (χ0) is 25.8. The Labute approximate surface area is 220 Å². The predicted octanol–water partition coefficient (Wildman–Crippen LogP) is 6.43. The zero-order valence-electron chi connectivity index (χ0n) is 21.8. The summed E-state index contributed by atoms with van der Waals surface area (Å²) in [5.41, 5.74) is 4.07. The second-order valence-corrected chi connectivity index (χ2v) is 10.1. The van der Waals surface area contributed by atoms with Crippen LogP contribution in [-0.2, 0) is 6.54 Å². The molecule has 37 heavy (non-hydrogen) atoms. The molecule has 2 aliphatic rings. The van der Waals surface area contributed by atoms with Gasteiger partial charge in [0.1, 0.15) is 0 Å². The normalized spacial score (nSPS) is 18.9. The molecule has 0 aliphatic carbocycles. The van der Waals surface area contributed by atoms with Crippen molar-refractivity contribution >= 4 is 23.4 Å². The lowest BCUT2D eigenvalue weighted by Crippen LogP contribution is -2.66. The van der Waals surface area contributed by atoms with Crippen molar-refractivity contribution in [1.82, 2.24) is 14.7 Å². The Bertz CT molecular complexity index is 1160. The van der Waals surface area contributed by atoms with Gasteiger partial charge in [0.05, 0.1) is 23.5 Å². The number of nitrogens with zero attached hydrogens (tertiary/aromatic N) is 4. The third kappa shape index (κ3) is 5.19. The summed E-state index contributed by atoms with van der Waals surface area (Å²) < 4.78 is 0. The van der Waals surface area contributed by atoms with E-state index < -0.39 is 0 Å². The number of hydrogen-bond acceptors (Lipinski definition) is 2. The highest BCUT2D eigenvalue weighted by atomic mass is 16.2. The van der Waals surface area contributed by atoms with Crippen molar-refractivity contribution in [2.75, 3.05) is 24.5 Å². The van der Waals surface area contributed by atoms with E-state index in [0.29, 0.717) is 26.2 Å². The van der Waals surface area contributed by atoms with Crippen molar-refractivity contribution in [3.05, 3.63) is 96.1 Å². The number of carbonyl (C=O) groups excluding carboxylic acids is 2. The molecule has 0 spiro atoms. The number of piperazine rings is 1. The number of carbonyl (C=O) groups is 2. The number of benzene rings is 3. The molecule has 192 valence electrons. The molecule has 5 rings (SSSR count). The molecule has 2 fully saturated rings. The van der Waals surface area contributed by atoms with Gasteiger partial charge < -0.3 is 14.7 Å². The van der Waals surface area contributed by atoms with Crippen LogP contribution in [0.5, 0.6) is 0 Å². The van der Waals surface area contributed by atoms with Crippen molar-refractivity contribution in [2.45, 2.75) is 51.7 Å². The number of amides is 4. The topological polar surface area (TPSA) is 47.1 Å². The van der Waals surface area contributed by atoms with Crippen LogP contribution in [0.15, 0.2) is 84.9 Å². The number of para-hydroxylation sites is 2. The Kier molecular flexibility index (Phi) is 7.45. The molecular formula is C31H36N4O2. The number of piperidine rings is 1. The van der Waals surface area contributed by atoms with Crippen LogP contribution in [0.3, 0.4) is 0 Å². The number of fused-ring (bicyclic) bond motifs is 2. The third-order valence-electron chi connectivity index (χ3n) is 7.71. The van der Waals surface area contributed by atoms with Crippen LogP contribution in [0.1, 0.15) is 37.3 Å². The van der Waals surface area contributed by atoms with Gasteiger partial charge in [-0.2, -0.15) is 0 Å². The molecule has 0 unspecified atom stereocenters. The third-order valence-corrected chi connectivity index (χ3v) is 7.71. The van der Waals surface area contributed by atoms with Crippen LogP contribution >= 0.6 is 0 Å². The largest absolute Gasteiger partial charge is 0.329 e. The first kappa shape index (κ1) is 24.9. The van der Waals surface area contributed by atoms with Crippen LogP contribution in [0, 0.1) is 6.92 Å².